The number of aromatic amines is 1. The smallest absolute Gasteiger partial charge is 0.319 e. The number of aromatic nitrogens is 2. The number of nitrogens with one attached hydrogen (secondary N) is 2. The van der Waals surface area contributed by atoms with Gasteiger partial charge in [-0.25, -0.2) is 0 Å². The van der Waals surface area contributed by atoms with Gasteiger partial charge in [-0.05, 0) is 12.8 Å². The predicted molar refractivity (Wildman–Crippen MR) is 46.5 cm³/mol. The van der Waals surface area contributed by atoms with E-state index in [0.29, 0.717) is 18.5 Å². The van der Waals surface area contributed by atoms with E-state index in [2.05, 4.69) is 15.5 Å². The summed E-state index contributed by atoms with van der Waals surface area (Å²) in [4.78, 5) is 22.3. The lowest BCUT2D eigenvalue weighted by atomic mass is 10.1. The second-order valence-electron chi connectivity index (χ2n) is 3.33. The van der Waals surface area contributed by atoms with Gasteiger partial charge in [0.15, 0.2) is 0 Å². The molecule has 0 aliphatic heterocycles. The number of carbonyl (C=O) groups is 2. The first kappa shape index (κ1) is 8.74. The van der Waals surface area contributed by atoms with Crippen LogP contribution in [0.2, 0.25) is 0 Å². The van der Waals surface area contributed by atoms with Crippen molar-refractivity contribution < 1.29 is 14.7 Å². The molecule has 1 fully saturated rings. The van der Waals surface area contributed by atoms with Gasteiger partial charge in [-0.1, -0.05) is 0 Å². The van der Waals surface area contributed by atoms with Gasteiger partial charge >= 0.3 is 5.97 Å². The van der Waals surface area contributed by atoms with Crippen molar-refractivity contribution in [2.75, 3.05) is 5.32 Å². The first-order chi connectivity index (χ1) is 6.65. The lowest BCUT2D eigenvalue weighted by Crippen LogP contribution is -2.31. The maximum Gasteiger partial charge on any atom is 0.319 e. The van der Waals surface area contributed by atoms with Gasteiger partial charge in [0.2, 0.25) is 5.91 Å². The second-order valence-corrected chi connectivity index (χ2v) is 3.33. The van der Waals surface area contributed by atoms with Crippen molar-refractivity contribution in [3.05, 3.63) is 12.4 Å². The number of hydrogen-bond donors (Lipinski definition) is 3. The van der Waals surface area contributed by atoms with Crippen molar-refractivity contribution in [2.24, 2.45) is 5.41 Å². The Morgan fingerprint density at radius 3 is 2.71 bits per heavy atom. The number of H-pyrrole nitrogens is 1. The molecule has 14 heavy (non-hydrogen) atoms. The van der Waals surface area contributed by atoms with E-state index >= 15 is 0 Å². The fourth-order valence-corrected chi connectivity index (χ4v) is 1.23. The average Bonchev–Trinajstić information content (AvgIpc) is 2.81. The molecule has 74 valence electrons. The molecule has 0 saturated heterocycles. The lowest BCUT2D eigenvalue weighted by molar-refractivity contribution is -0.147. The molecule has 0 aromatic carbocycles. The summed E-state index contributed by atoms with van der Waals surface area (Å²) in [6.07, 6.45) is 3.74. The molecule has 1 aromatic heterocycles. The van der Waals surface area contributed by atoms with E-state index in [1.807, 2.05) is 0 Å². The molecule has 6 nitrogen and oxygen atoms in total. The highest BCUT2D eigenvalue weighted by molar-refractivity contribution is 6.10. The van der Waals surface area contributed by atoms with Crippen LogP contribution in [0.4, 0.5) is 5.69 Å². The molecular formula is C8H9N3O3. The van der Waals surface area contributed by atoms with E-state index < -0.39 is 17.3 Å². The van der Waals surface area contributed by atoms with Crippen LogP contribution in [0.25, 0.3) is 0 Å². The summed E-state index contributed by atoms with van der Waals surface area (Å²) in [6, 6.07) is 0. The molecule has 0 atom stereocenters. The minimum atomic E-state index is -1.20. The van der Waals surface area contributed by atoms with Crippen LogP contribution in [0, 0.1) is 5.41 Å². The molecule has 1 heterocycles. The largest absolute Gasteiger partial charge is 0.480 e. The Hall–Kier alpha value is -1.85. The van der Waals surface area contributed by atoms with Crippen LogP contribution in [0.3, 0.4) is 0 Å². The summed E-state index contributed by atoms with van der Waals surface area (Å²) in [5, 5.41) is 17.5. The zero-order valence-electron chi connectivity index (χ0n) is 7.28. The third kappa shape index (κ3) is 1.24. The van der Waals surface area contributed by atoms with Crippen molar-refractivity contribution >= 4 is 17.6 Å². The number of rotatable bonds is 3. The minimum Gasteiger partial charge on any atom is -0.480 e. The zero-order chi connectivity index (χ0) is 10.2. The van der Waals surface area contributed by atoms with Gasteiger partial charge in [0.05, 0.1) is 11.9 Å². The molecule has 1 saturated carbocycles. The number of carboxylic acid groups (broad SMARTS) is 1. The van der Waals surface area contributed by atoms with Gasteiger partial charge < -0.3 is 10.4 Å². The van der Waals surface area contributed by atoms with E-state index in [9.17, 15) is 9.59 Å². The molecule has 0 bridgehead atoms. The van der Waals surface area contributed by atoms with Crippen LogP contribution in [0.1, 0.15) is 12.8 Å². The second kappa shape index (κ2) is 2.83. The Labute approximate surface area is 79.3 Å². The molecule has 1 aliphatic carbocycles. The summed E-state index contributed by atoms with van der Waals surface area (Å²) in [6.45, 7) is 0. The molecule has 2 rings (SSSR count). The molecule has 0 spiro atoms. The van der Waals surface area contributed by atoms with E-state index in [0.717, 1.165) is 0 Å². The fourth-order valence-electron chi connectivity index (χ4n) is 1.23. The standard InChI is InChI=1S/C8H9N3O3/c12-6(8(1-2-8)7(13)14)11-5-3-9-10-4-5/h3-4H,1-2H2,(H,9,10)(H,11,12)(H,13,14). The highest BCUT2D eigenvalue weighted by Crippen LogP contribution is 2.46. The summed E-state index contributed by atoms with van der Waals surface area (Å²) in [5.41, 5.74) is -0.709. The Morgan fingerprint density at radius 1 is 1.57 bits per heavy atom. The van der Waals surface area contributed by atoms with Crippen molar-refractivity contribution in [1.82, 2.24) is 10.2 Å². The summed E-state index contributed by atoms with van der Waals surface area (Å²) >= 11 is 0. The topological polar surface area (TPSA) is 95.1 Å². The Balaban J connectivity index is 2.07. The van der Waals surface area contributed by atoms with Gasteiger partial charge in [0.25, 0.3) is 0 Å². The maximum atomic E-state index is 11.5. The van der Waals surface area contributed by atoms with E-state index in [4.69, 9.17) is 5.11 Å². The van der Waals surface area contributed by atoms with E-state index in [1.165, 1.54) is 12.4 Å². The quantitative estimate of drug-likeness (QED) is 0.601. The maximum absolute atomic E-state index is 11.5. The molecule has 6 heteroatoms. The van der Waals surface area contributed by atoms with Crippen LogP contribution in [-0.4, -0.2) is 27.2 Å². The van der Waals surface area contributed by atoms with E-state index in [1.54, 1.807) is 0 Å². The molecule has 3 N–H and O–H groups in total. The average molecular weight is 195 g/mol. The van der Waals surface area contributed by atoms with Crippen molar-refractivity contribution in [3.63, 3.8) is 0 Å². The first-order valence-electron chi connectivity index (χ1n) is 4.19. The highest BCUT2D eigenvalue weighted by Gasteiger charge is 2.57. The number of nitrogens with zero attached hydrogens (tertiary/aromatic N) is 1. The van der Waals surface area contributed by atoms with Crippen molar-refractivity contribution in [3.8, 4) is 0 Å². The lowest BCUT2D eigenvalue weighted by Gasteiger charge is -2.08. The molecule has 1 aliphatic rings. The van der Waals surface area contributed by atoms with Gasteiger partial charge in [0.1, 0.15) is 5.41 Å². The highest BCUT2D eigenvalue weighted by atomic mass is 16.4. The Kier molecular flexibility index (Phi) is 1.77. The number of carboxylic acids is 1. The molecule has 1 aromatic rings. The molecule has 0 radical (unpaired) electrons. The van der Waals surface area contributed by atoms with Crippen LogP contribution in [-0.2, 0) is 9.59 Å². The normalized spacial score (nSPS) is 17.4. The number of anilines is 1. The monoisotopic (exact) mass is 195 g/mol. The zero-order valence-corrected chi connectivity index (χ0v) is 7.28. The van der Waals surface area contributed by atoms with Gasteiger partial charge in [-0.15, -0.1) is 0 Å². The third-order valence-electron chi connectivity index (χ3n) is 2.35. The summed E-state index contributed by atoms with van der Waals surface area (Å²) in [5.74, 6) is -1.52. The van der Waals surface area contributed by atoms with Crippen LogP contribution < -0.4 is 5.32 Å². The van der Waals surface area contributed by atoms with Gasteiger partial charge in [0, 0.05) is 6.20 Å². The van der Waals surface area contributed by atoms with Crippen molar-refractivity contribution in [1.29, 1.82) is 0 Å². The van der Waals surface area contributed by atoms with Gasteiger partial charge in [-0.3, -0.25) is 14.7 Å². The fraction of sp³-hybridized carbons (Fsp3) is 0.375. The summed E-state index contributed by atoms with van der Waals surface area (Å²) < 4.78 is 0. The first-order valence-corrected chi connectivity index (χ1v) is 4.19. The Morgan fingerprint density at radius 2 is 2.29 bits per heavy atom. The number of aliphatic carboxylic acids is 1. The molecule has 1 amide bonds. The van der Waals surface area contributed by atoms with E-state index in [-0.39, 0.29) is 0 Å². The van der Waals surface area contributed by atoms with Crippen LogP contribution in [0.15, 0.2) is 12.4 Å². The van der Waals surface area contributed by atoms with Gasteiger partial charge in [-0.2, -0.15) is 5.10 Å². The predicted octanol–water partition coefficient (Wildman–Crippen LogP) is 0.213. The SMILES string of the molecule is O=C(O)C1(C(=O)Nc2cn[nH]c2)CC1. The Bertz CT molecular complexity index is 367. The number of carbonyl (C=O) groups excluding carboxylic acids is 1. The summed E-state index contributed by atoms with van der Waals surface area (Å²) in [7, 11) is 0. The minimum absolute atomic E-state index is 0.409. The number of amides is 1. The van der Waals surface area contributed by atoms with Crippen LogP contribution >= 0.6 is 0 Å². The third-order valence-corrected chi connectivity index (χ3v) is 2.35. The number of hydrogen-bond acceptors (Lipinski definition) is 3. The van der Waals surface area contributed by atoms with Crippen LogP contribution in [0.5, 0.6) is 0 Å². The molecular weight excluding hydrogens is 186 g/mol. The van der Waals surface area contributed by atoms with Crippen molar-refractivity contribution in [2.45, 2.75) is 12.8 Å². The molecule has 0 unspecified atom stereocenters.